The van der Waals surface area contributed by atoms with E-state index in [4.69, 9.17) is 14.2 Å². The number of aliphatic imine (C=N–C) groups is 1. The van der Waals surface area contributed by atoms with E-state index in [-0.39, 0.29) is 11.6 Å². The van der Waals surface area contributed by atoms with Gasteiger partial charge in [0.2, 0.25) is 5.27 Å². The summed E-state index contributed by atoms with van der Waals surface area (Å²) in [4.78, 5) is 10.3. The van der Waals surface area contributed by atoms with Crippen LogP contribution in [0.3, 0.4) is 0 Å². The van der Waals surface area contributed by atoms with Gasteiger partial charge >= 0.3 is 5.88 Å². The van der Waals surface area contributed by atoms with Crippen molar-refractivity contribution >= 4 is 23.5 Å². The Morgan fingerprint density at radius 1 is 1.08 bits per heavy atom. The lowest BCUT2D eigenvalue weighted by molar-refractivity contribution is -0.759. The van der Waals surface area contributed by atoms with Gasteiger partial charge in [-0.1, -0.05) is 72.4 Å². The quantitative estimate of drug-likeness (QED) is 0.165. The molecule has 0 amide bonds. The highest BCUT2D eigenvalue weighted by molar-refractivity contribution is 8.00. The van der Waals surface area contributed by atoms with Crippen molar-refractivity contribution in [1.82, 2.24) is 10.3 Å². The summed E-state index contributed by atoms with van der Waals surface area (Å²) >= 11 is 1.18. The number of morpholine rings is 1. The van der Waals surface area contributed by atoms with Gasteiger partial charge in [0, 0.05) is 16.9 Å². The number of aromatic nitrogens is 3. The number of hydrogen-bond acceptors (Lipinski definition) is 9. The van der Waals surface area contributed by atoms with E-state index in [2.05, 4.69) is 16.3 Å². The second-order valence-electron chi connectivity index (χ2n) is 7.90. The minimum Gasteiger partial charge on any atom is -0.861 e. The molecule has 36 heavy (non-hydrogen) atoms. The largest absolute Gasteiger partial charge is 0.861 e. The molecule has 10 heteroatoms. The molecule has 0 aliphatic carbocycles. The minimum absolute atomic E-state index is 0.00753. The normalized spacial score (nSPS) is 14.0. The summed E-state index contributed by atoms with van der Waals surface area (Å²) in [5, 5.41) is 29.0. The third-order valence-electron chi connectivity index (χ3n) is 5.54. The zero-order valence-electron chi connectivity index (χ0n) is 19.3. The van der Waals surface area contributed by atoms with Crippen LogP contribution >= 0.6 is 11.8 Å². The predicted octanol–water partition coefficient (Wildman–Crippen LogP) is 2.71. The molecule has 0 N–H and O–H groups in total. The fourth-order valence-corrected chi connectivity index (χ4v) is 4.58. The Morgan fingerprint density at radius 2 is 1.78 bits per heavy atom. The number of nitrogens with zero attached hydrogens (tertiary/aromatic N) is 6. The standard InChI is InChI=1S/C26H22N6O3S/c27-16-22-21(19-7-3-1-4-8-19)15-23(20-9-5-2-6-10-20)28-26(22)36-18-24(33)29-25-17-32(30-35-25)31-11-13-34-14-12-31/h1-10,15,17H,11-14,18H2. The third-order valence-corrected chi connectivity index (χ3v) is 6.50. The number of ether oxygens (including phenoxy) is 1. The maximum absolute atomic E-state index is 12.7. The van der Waals surface area contributed by atoms with Crippen molar-refractivity contribution in [1.29, 1.82) is 5.26 Å². The van der Waals surface area contributed by atoms with Gasteiger partial charge in [0.05, 0.1) is 42.4 Å². The van der Waals surface area contributed by atoms with Gasteiger partial charge in [-0.05, 0) is 17.5 Å². The Bertz CT molecular complexity index is 1400. The first-order chi connectivity index (χ1) is 17.7. The molecule has 4 aromatic rings. The fraction of sp³-hybridized carbons (Fsp3) is 0.192. The summed E-state index contributed by atoms with van der Waals surface area (Å²) in [7, 11) is 0. The van der Waals surface area contributed by atoms with Crippen LogP contribution in [0.1, 0.15) is 5.56 Å². The molecule has 2 aromatic heterocycles. The second-order valence-corrected chi connectivity index (χ2v) is 8.86. The highest BCUT2D eigenvalue weighted by atomic mass is 32.2. The van der Waals surface area contributed by atoms with Gasteiger partial charge in [-0.2, -0.15) is 5.26 Å². The summed E-state index contributed by atoms with van der Waals surface area (Å²) in [6.45, 7) is 2.54. The Kier molecular flexibility index (Phi) is 7.21. The Hall–Kier alpha value is -4.20. The Balaban J connectivity index is 1.41. The van der Waals surface area contributed by atoms with Crippen molar-refractivity contribution in [3.8, 4) is 28.5 Å². The molecule has 180 valence electrons. The van der Waals surface area contributed by atoms with Crippen molar-refractivity contribution in [2.45, 2.75) is 5.03 Å². The van der Waals surface area contributed by atoms with Crippen LogP contribution in [0, 0.1) is 11.3 Å². The summed E-state index contributed by atoms with van der Waals surface area (Å²) in [6, 6.07) is 23.6. The van der Waals surface area contributed by atoms with Crippen molar-refractivity contribution in [2.75, 3.05) is 37.1 Å². The van der Waals surface area contributed by atoms with Crippen LogP contribution in [0.4, 0.5) is 5.88 Å². The lowest BCUT2D eigenvalue weighted by Crippen LogP contribution is -2.62. The number of rotatable bonds is 7. The molecule has 2 aromatic carbocycles. The highest BCUT2D eigenvalue weighted by Gasteiger charge is 2.22. The first kappa shape index (κ1) is 23.5. The SMILES string of the molecule is N#Cc1c(-c2ccccc2)cc(-c2ccccc2)nc1SC/C([O-])=N/c1c[n+](N2CCOCC2)no1. The van der Waals surface area contributed by atoms with Crippen LogP contribution in [0.5, 0.6) is 0 Å². The molecular weight excluding hydrogens is 476 g/mol. The topological polar surface area (TPSA) is 114 Å². The number of nitriles is 1. The highest BCUT2D eigenvalue weighted by Crippen LogP contribution is 2.34. The second kappa shape index (κ2) is 11.0. The molecule has 0 unspecified atom stereocenters. The summed E-state index contributed by atoms with van der Waals surface area (Å²) in [6.07, 6.45) is 1.57. The number of thioether (sulfide) groups is 1. The van der Waals surface area contributed by atoms with Crippen LogP contribution < -0.4 is 14.9 Å². The molecule has 0 atom stereocenters. The maximum Gasteiger partial charge on any atom is 0.324 e. The van der Waals surface area contributed by atoms with Crippen molar-refractivity contribution in [2.24, 2.45) is 4.99 Å². The minimum atomic E-state index is -0.414. The average molecular weight is 499 g/mol. The molecule has 5 rings (SSSR count). The molecular formula is C26H22N6O3S. The molecule has 1 fully saturated rings. The number of pyridine rings is 1. The van der Waals surface area contributed by atoms with Gasteiger partial charge in [-0.15, -0.1) is 5.01 Å². The van der Waals surface area contributed by atoms with Gasteiger partial charge in [-0.25, -0.2) is 9.98 Å². The van der Waals surface area contributed by atoms with Crippen molar-refractivity contribution in [3.05, 3.63) is 78.5 Å². The summed E-state index contributed by atoms with van der Waals surface area (Å²) in [5.74, 6) is -0.308. The van der Waals surface area contributed by atoms with Crippen LogP contribution in [-0.4, -0.2) is 48.2 Å². The van der Waals surface area contributed by atoms with E-state index in [0.29, 0.717) is 36.9 Å². The van der Waals surface area contributed by atoms with Crippen molar-refractivity contribution in [3.63, 3.8) is 0 Å². The van der Waals surface area contributed by atoms with Crippen LogP contribution in [0.15, 0.2) is 87.5 Å². The van der Waals surface area contributed by atoms with E-state index in [1.54, 1.807) is 6.20 Å². The summed E-state index contributed by atoms with van der Waals surface area (Å²) < 4.78 is 10.5. The van der Waals surface area contributed by atoms with E-state index in [1.807, 2.05) is 71.7 Å². The van der Waals surface area contributed by atoms with E-state index in [9.17, 15) is 10.4 Å². The lowest BCUT2D eigenvalue weighted by atomic mass is 9.99. The van der Waals surface area contributed by atoms with E-state index in [1.165, 1.54) is 16.6 Å². The maximum atomic E-state index is 12.7. The zero-order valence-corrected chi connectivity index (χ0v) is 20.1. The molecule has 0 radical (unpaired) electrons. The number of hydrogen-bond donors (Lipinski definition) is 0. The predicted molar refractivity (Wildman–Crippen MR) is 133 cm³/mol. The fourth-order valence-electron chi connectivity index (χ4n) is 3.79. The molecule has 1 aliphatic heterocycles. The zero-order chi connectivity index (χ0) is 24.7. The lowest BCUT2D eigenvalue weighted by Gasteiger charge is -2.18. The van der Waals surface area contributed by atoms with Crippen LogP contribution in [0.2, 0.25) is 0 Å². The first-order valence-electron chi connectivity index (χ1n) is 11.4. The average Bonchev–Trinajstić information content (AvgIpc) is 3.41. The smallest absolute Gasteiger partial charge is 0.324 e. The molecule has 9 nitrogen and oxygen atoms in total. The molecule has 1 saturated heterocycles. The third kappa shape index (κ3) is 5.38. The Morgan fingerprint density at radius 3 is 2.47 bits per heavy atom. The number of benzene rings is 2. The molecule has 0 bridgehead atoms. The molecule has 0 spiro atoms. The first-order valence-corrected chi connectivity index (χ1v) is 12.3. The Labute approximate surface area is 212 Å². The van der Waals surface area contributed by atoms with E-state index < -0.39 is 5.90 Å². The van der Waals surface area contributed by atoms with Crippen molar-refractivity contribution < 1.29 is 19.2 Å². The van der Waals surface area contributed by atoms with Gasteiger partial charge in [0.15, 0.2) is 0 Å². The molecule has 1 aliphatic rings. The van der Waals surface area contributed by atoms with Crippen LogP contribution in [0.25, 0.3) is 22.4 Å². The van der Waals surface area contributed by atoms with Gasteiger partial charge in [0.1, 0.15) is 11.1 Å². The van der Waals surface area contributed by atoms with Crippen LogP contribution in [-0.2, 0) is 4.74 Å². The van der Waals surface area contributed by atoms with Gasteiger partial charge < -0.3 is 9.84 Å². The van der Waals surface area contributed by atoms with E-state index >= 15 is 0 Å². The molecule has 3 heterocycles. The van der Waals surface area contributed by atoms with Gasteiger partial charge in [-0.3, -0.25) is 4.52 Å². The monoisotopic (exact) mass is 498 g/mol. The molecule has 0 saturated carbocycles. The van der Waals surface area contributed by atoms with Gasteiger partial charge in [0.25, 0.3) is 6.20 Å². The summed E-state index contributed by atoms with van der Waals surface area (Å²) in [5.41, 5.74) is 3.73. The van der Waals surface area contributed by atoms with E-state index in [0.717, 1.165) is 22.4 Å².